The molecule has 0 aromatic heterocycles. The molecule has 0 heterocycles. The number of ether oxygens (including phenoxy) is 2. The fourth-order valence-electron chi connectivity index (χ4n) is 2.60. The van der Waals surface area contributed by atoms with Crippen LogP contribution in [0.4, 0.5) is 0 Å². The first-order valence-corrected chi connectivity index (χ1v) is 9.58. The molecule has 134 valence electrons. The van der Waals surface area contributed by atoms with Crippen LogP contribution in [0.1, 0.15) is 91.9 Å². The van der Waals surface area contributed by atoms with Gasteiger partial charge in [0.2, 0.25) is 0 Å². The van der Waals surface area contributed by atoms with Crippen molar-refractivity contribution in [3.05, 3.63) is 0 Å². The molecule has 0 aromatic carbocycles. The molecule has 0 rings (SSSR count). The lowest BCUT2D eigenvalue weighted by atomic mass is 10.1. The lowest BCUT2D eigenvalue weighted by molar-refractivity contribution is -0.0662. The smallest absolute Gasteiger partial charge is 0.101 e. The van der Waals surface area contributed by atoms with Crippen LogP contribution in [-0.4, -0.2) is 36.6 Å². The summed E-state index contributed by atoms with van der Waals surface area (Å²) < 4.78 is 11.7. The second kappa shape index (κ2) is 15.8. The monoisotopic (exact) mass is 316 g/mol. The van der Waals surface area contributed by atoms with E-state index >= 15 is 0 Å². The van der Waals surface area contributed by atoms with Crippen LogP contribution >= 0.6 is 0 Å². The minimum Gasteiger partial charge on any atom is -0.388 e. The topological polar surface area (TPSA) is 38.7 Å². The number of aliphatic hydroxyl groups excluding tert-OH is 1. The van der Waals surface area contributed by atoms with Gasteiger partial charge in [0.05, 0.1) is 25.4 Å². The highest BCUT2D eigenvalue weighted by molar-refractivity contribution is 4.62. The second-order valence-corrected chi connectivity index (χ2v) is 6.37. The molecule has 0 bridgehead atoms. The summed E-state index contributed by atoms with van der Waals surface area (Å²) in [7, 11) is 0. The molecule has 0 amide bonds. The van der Waals surface area contributed by atoms with E-state index in [1.54, 1.807) is 0 Å². The van der Waals surface area contributed by atoms with Crippen LogP contribution in [0.25, 0.3) is 0 Å². The largest absolute Gasteiger partial charge is 0.388 e. The maximum absolute atomic E-state index is 10.0. The minimum atomic E-state index is -0.500. The van der Waals surface area contributed by atoms with Crippen molar-refractivity contribution in [1.29, 1.82) is 0 Å². The molecule has 0 saturated heterocycles. The Bertz CT molecular complexity index is 199. The first-order chi connectivity index (χ1) is 10.7. The predicted octanol–water partition coefficient (Wildman–Crippen LogP) is 5.10. The van der Waals surface area contributed by atoms with Gasteiger partial charge in [-0.3, -0.25) is 0 Å². The molecule has 0 aliphatic rings. The van der Waals surface area contributed by atoms with E-state index in [1.807, 2.05) is 0 Å². The van der Waals surface area contributed by atoms with Gasteiger partial charge < -0.3 is 14.6 Å². The molecule has 1 N–H and O–H groups in total. The van der Waals surface area contributed by atoms with Crippen molar-refractivity contribution >= 4 is 0 Å². The Morgan fingerprint density at radius 3 is 1.41 bits per heavy atom. The third kappa shape index (κ3) is 12.4. The molecular formula is C19H40O3. The fourth-order valence-corrected chi connectivity index (χ4v) is 2.60. The van der Waals surface area contributed by atoms with E-state index in [0.717, 1.165) is 25.7 Å². The molecule has 0 aliphatic heterocycles. The van der Waals surface area contributed by atoms with Gasteiger partial charge in [-0.1, -0.05) is 66.2 Å². The molecule has 0 spiro atoms. The lowest BCUT2D eigenvalue weighted by Gasteiger charge is -2.21. The molecule has 3 nitrogen and oxygen atoms in total. The predicted molar refractivity (Wildman–Crippen MR) is 94.4 cm³/mol. The Balaban J connectivity index is 3.78. The van der Waals surface area contributed by atoms with E-state index in [9.17, 15) is 5.11 Å². The molecule has 3 heteroatoms. The van der Waals surface area contributed by atoms with Gasteiger partial charge in [-0.15, -0.1) is 0 Å². The Labute approximate surface area is 138 Å². The molecule has 0 aromatic rings. The molecule has 0 radical (unpaired) electrons. The number of hydrogen-bond acceptors (Lipinski definition) is 3. The number of aliphatic hydroxyl groups is 1. The Hall–Kier alpha value is -0.120. The summed E-state index contributed by atoms with van der Waals surface area (Å²) in [6.45, 7) is 9.54. The van der Waals surface area contributed by atoms with E-state index in [-0.39, 0.29) is 12.2 Å². The van der Waals surface area contributed by atoms with E-state index < -0.39 is 6.10 Å². The summed E-state index contributed by atoms with van der Waals surface area (Å²) >= 11 is 0. The van der Waals surface area contributed by atoms with Crippen molar-refractivity contribution < 1.29 is 14.6 Å². The zero-order valence-electron chi connectivity index (χ0n) is 15.5. The van der Waals surface area contributed by atoms with Crippen molar-refractivity contribution in [2.75, 3.05) is 13.2 Å². The van der Waals surface area contributed by atoms with E-state index in [2.05, 4.69) is 27.7 Å². The summed E-state index contributed by atoms with van der Waals surface area (Å²) in [5.41, 5.74) is 0. The lowest BCUT2D eigenvalue weighted by Crippen LogP contribution is -2.28. The molecule has 0 aliphatic carbocycles. The molecule has 22 heavy (non-hydrogen) atoms. The summed E-state index contributed by atoms with van der Waals surface area (Å²) in [5, 5.41) is 10.0. The number of rotatable bonds is 16. The zero-order chi connectivity index (χ0) is 16.6. The summed E-state index contributed by atoms with van der Waals surface area (Å²) in [6.07, 6.45) is 11.8. The van der Waals surface area contributed by atoms with Crippen LogP contribution in [0.5, 0.6) is 0 Å². The first-order valence-electron chi connectivity index (χ1n) is 9.58. The zero-order valence-corrected chi connectivity index (χ0v) is 15.5. The van der Waals surface area contributed by atoms with Gasteiger partial charge in [-0.25, -0.2) is 0 Å². The van der Waals surface area contributed by atoms with Crippen LogP contribution in [0.15, 0.2) is 0 Å². The van der Waals surface area contributed by atoms with Crippen molar-refractivity contribution in [3.63, 3.8) is 0 Å². The average Bonchev–Trinajstić information content (AvgIpc) is 2.54. The normalized spacial score (nSPS) is 15.7. The number of hydrogen-bond donors (Lipinski definition) is 1. The van der Waals surface area contributed by atoms with E-state index in [4.69, 9.17) is 9.47 Å². The molecule has 0 fully saturated rings. The Kier molecular flexibility index (Phi) is 15.7. The third-order valence-corrected chi connectivity index (χ3v) is 4.22. The van der Waals surface area contributed by atoms with Gasteiger partial charge in [0, 0.05) is 0 Å². The van der Waals surface area contributed by atoms with Crippen molar-refractivity contribution in [1.82, 2.24) is 0 Å². The third-order valence-electron chi connectivity index (χ3n) is 4.22. The Morgan fingerprint density at radius 2 is 1.09 bits per heavy atom. The first kappa shape index (κ1) is 21.9. The van der Waals surface area contributed by atoms with Gasteiger partial charge in [0.15, 0.2) is 0 Å². The van der Waals surface area contributed by atoms with E-state index in [1.165, 1.54) is 38.5 Å². The highest BCUT2D eigenvalue weighted by Crippen LogP contribution is 2.12. The molecule has 2 unspecified atom stereocenters. The summed E-state index contributed by atoms with van der Waals surface area (Å²) in [6, 6.07) is 0. The van der Waals surface area contributed by atoms with Crippen LogP contribution in [0.2, 0.25) is 0 Å². The molecular weight excluding hydrogens is 276 g/mol. The molecule has 0 saturated carbocycles. The van der Waals surface area contributed by atoms with Gasteiger partial charge in [0.25, 0.3) is 0 Å². The second-order valence-electron chi connectivity index (χ2n) is 6.37. The highest BCUT2D eigenvalue weighted by Gasteiger charge is 2.13. The highest BCUT2D eigenvalue weighted by atomic mass is 16.5. The number of unbranched alkanes of at least 4 members (excludes halogenated alkanes) is 4. The summed E-state index contributed by atoms with van der Waals surface area (Å²) in [4.78, 5) is 0. The fraction of sp³-hybridized carbons (Fsp3) is 1.00. The van der Waals surface area contributed by atoms with Crippen LogP contribution in [0.3, 0.4) is 0 Å². The van der Waals surface area contributed by atoms with Gasteiger partial charge in [0.1, 0.15) is 6.10 Å². The van der Waals surface area contributed by atoms with E-state index in [0.29, 0.717) is 13.2 Å². The standard InChI is InChI=1S/C19H40O3/c1-5-9-11-13-18(7-3)21-15-17(20)16-22-19(8-4)14-12-10-6-2/h17-20H,5-16H2,1-4H3. The van der Waals surface area contributed by atoms with Crippen molar-refractivity contribution in [2.24, 2.45) is 0 Å². The van der Waals surface area contributed by atoms with Crippen LogP contribution in [0, 0.1) is 0 Å². The van der Waals surface area contributed by atoms with Crippen molar-refractivity contribution in [2.45, 2.75) is 110 Å². The van der Waals surface area contributed by atoms with Gasteiger partial charge >= 0.3 is 0 Å². The van der Waals surface area contributed by atoms with Crippen molar-refractivity contribution in [3.8, 4) is 0 Å². The quantitative estimate of drug-likeness (QED) is 0.403. The SMILES string of the molecule is CCCCCC(CC)OCC(O)COC(CC)CCCCC. The Morgan fingerprint density at radius 1 is 0.682 bits per heavy atom. The molecule has 2 atom stereocenters. The maximum Gasteiger partial charge on any atom is 0.101 e. The summed E-state index contributed by atoms with van der Waals surface area (Å²) in [5.74, 6) is 0. The van der Waals surface area contributed by atoms with Crippen LogP contribution < -0.4 is 0 Å². The minimum absolute atomic E-state index is 0.285. The van der Waals surface area contributed by atoms with Crippen LogP contribution in [-0.2, 0) is 9.47 Å². The van der Waals surface area contributed by atoms with Gasteiger partial charge in [-0.2, -0.15) is 0 Å². The van der Waals surface area contributed by atoms with Gasteiger partial charge in [-0.05, 0) is 25.7 Å². The maximum atomic E-state index is 10.0. The average molecular weight is 317 g/mol.